The minimum absolute atomic E-state index is 0.133. The third-order valence-corrected chi connectivity index (χ3v) is 1.66. The number of carbonyl (C=O) groups is 1. The summed E-state index contributed by atoms with van der Waals surface area (Å²) in [5.41, 5.74) is 0. The van der Waals surface area contributed by atoms with Crippen LogP contribution in [0.2, 0.25) is 0 Å². The Morgan fingerprint density at radius 2 is 2.50 bits per heavy atom. The molecule has 0 radical (unpaired) electrons. The summed E-state index contributed by atoms with van der Waals surface area (Å²) in [7, 11) is 0. The van der Waals surface area contributed by atoms with E-state index in [1.54, 1.807) is 13.0 Å². The Morgan fingerprint density at radius 3 is 3.00 bits per heavy atom. The zero-order valence-electron chi connectivity index (χ0n) is 6.26. The Balaban J connectivity index is 2.29. The molecule has 1 rings (SSSR count). The molecule has 1 fully saturated rings. The maximum absolute atomic E-state index is 10.5. The van der Waals surface area contributed by atoms with E-state index >= 15 is 0 Å². The maximum Gasteiger partial charge on any atom is 0.152 e. The highest BCUT2D eigenvalue weighted by molar-refractivity contribution is 5.87. The first-order chi connectivity index (χ1) is 4.79. The van der Waals surface area contributed by atoms with Gasteiger partial charge in [0, 0.05) is 6.04 Å². The van der Waals surface area contributed by atoms with Crippen molar-refractivity contribution in [3.63, 3.8) is 0 Å². The van der Waals surface area contributed by atoms with Crippen LogP contribution in [-0.4, -0.2) is 18.4 Å². The van der Waals surface area contributed by atoms with Crippen LogP contribution in [0.5, 0.6) is 0 Å². The molecule has 0 bridgehead atoms. The number of allylic oxidation sites excluding steroid dienone is 1. The second-order valence-electron chi connectivity index (χ2n) is 2.67. The lowest BCUT2D eigenvalue weighted by Crippen LogP contribution is -2.18. The summed E-state index contributed by atoms with van der Waals surface area (Å²) in [5, 5.41) is 3.27. The van der Waals surface area contributed by atoms with Gasteiger partial charge in [-0.2, -0.15) is 0 Å². The van der Waals surface area contributed by atoms with E-state index in [1.165, 1.54) is 12.8 Å². The standard InChI is InChI=1S/C8H13NO/c1-7(10)4-5-8-3-2-6-9-8/h4-5,8-9H,2-3,6H2,1H3/b5-4+/t8-/m0/s1. The monoisotopic (exact) mass is 139 g/mol. The summed E-state index contributed by atoms with van der Waals surface area (Å²) in [4.78, 5) is 10.5. The summed E-state index contributed by atoms with van der Waals surface area (Å²) in [5.74, 6) is 0.133. The van der Waals surface area contributed by atoms with Crippen molar-refractivity contribution in [3.8, 4) is 0 Å². The van der Waals surface area contributed by atoms with E-state index < -0.39 is 0 Å². The zero-order valence-corrected chi connectivity index (χ0v) is 6.26. The van der Waals surface area contributed by atoms with Crippen molar-refractivity contribution in [1.29, 1.82) is 0 Å². The Hall–Kier alpha value is -0.630. The van der Waals surface area contributed by atoms with E-state index in [-0.39, 0.29) is 5.78 Å². The van der Waals surface area contributed by atoms with E-state index in [1.807, 2.05) is 6.08 Å². The molecule has 1 saturated heterocycles. The lowest BCUT2D eigenvalue weighted by atomic mass is 10.2. The summed E-state index contributed by atoms with van der Waals surface area (Å²) in [6, 6.07) is 0.448. The Morgan fingerprint density at radius 1 is 1.70 bits per heavy atom. The average molecular weight is 139 g/mol. The summed E-state index contributed by atoms with van der Waals surface area (Å²) in [6.07, 6.45) is 6.00. The van der Waals surface area contributed by atoms with Gasteiger partial charge in [0.05, 0.1) is 0 Å². The molecule has 1 atom stereocenters. The van der Waals surface area contributed by atoms with E-state index in [0.29, 0.717) is 6.04 Å². The van der Waals surface area contributed by atoms with Crippen LogP contribution in [0.3, 0.4) is 0 Å². The maximum atomic E-state index is 10.5. The first-order valence-electron chi connectivity index (χ1n) is 3.71. The van der Waals surface area contributed by atoms with Gasteiger partial charge in [-0.1, -0.05) is 6.08 Å². The molecule has 2 nitrogen and oxygen atoms in total. The molecule has 1 aliphatic rings. The third-order valence-electron chi connectivity index (χ3n) is 1.66. The molecule has 0 spiro atoms. The molecule has 1 heterocycles. The van der Waals surface area contributed by atoms with Crippen molar-refractivity contribution < 1.29 is 4.79 Å². The minimum atomic E-state index is 0.133. The first kappa shape index (κ1) is 7.48. The number of nitrogens with one attached hydrogen (secondary N) is 1. The second-order valence-corrected chi connectivity index (χ2v) is 2.67. The smallest absolute Gasteiger partial charge is 0.152 e. The molecular weight excluding hydrogens is 126 g/mol. The fraction of sp³-hybridized carbons (Fsp3) is 0.625. The van der Waals surface area contributed by atoms with Gasteiger partial charge in [-0.25, -0.2) is 0 Å². The van der Waals surface area contributed by atoms with Crippen LogP contribution < -0.4 is 5.32 Å². The molecule has 0 aromatic carbocycles. The van der Waals surface area contributed by atoms with Gasteiger partial charge in [-0.15, -0.1) is 0 Å². The van der Waals surface area contributed by atoms with Gasteiger partial charge in [0.15, 0.2) is 5.78 Å². The van der Waals surface area contributed by atoms with Gasteiger partial charge >= 0.3 is 0 Å². The number of rotatable bonds is 2. The summed E-state index contributed by atoms with van der Waals surface area (Å²) >= 11 is 0. The van der Waals surface area contributed by atoms with Crippen LogP contribution in [0.1, 0.15) is 19.8 Å². The zero-order chi connectivity index (χ0) is 7.40. The van der Waals surface area contributed by atoms with Gasteiger partial charge in [0.1, 0.15) is 0 Å². The van der Waals surface area contributed by atoms with Gasteiger partial charge < -0.3 is 5.32 Å². The van der Waals surface area contributed by atoms with Crippen molar-refractivity contribution in [3.05, 3.63) is 12.2 Å². The largest absolute Gasteiger partial charge is 0.311 e. The molecule has 0 unspecified atom stereocenters. The fourth-order valence-electron chi connectivity index (χ4n) is 1.13. The van der Waals surface area contributed by atoms with Crippen LogP contribution in [0.25, 0.3) is 0 Å². The highest BCUT2D eigenvalue weighted by Crippen LogP contribution is 2.05. The molecule has 2 heteroatoms. The Bertz CT molecular complexity index is 145. The van der Waals surface area contributed by atoms with Crippen molar-refractivity contribution in [2.75, 3.05) is 6.54 Å². The fourth-order valence-corrected chi connectivity index (χ4v) is 1.13. The second kappa shape index (κ2) is 3.52. The average Bonchev–Trinajstić information content (AvgIpc) is 2.34. The van der Waals surface area contributed by atoms with Crippen LogP contribution in [-0.2, 0) is 4.79 Å². The Labute approximate surface area is 61.3 Å². The lowest BCUT2D eigenvalue weighted by Gasteiger charge is -1.99. The number of ketones is 1. The van der Waals surface area contributed by atoms with Gasteiger partial charge in [-0.05, 0) is 32.4 Å². The normalized spacial score (nSPS) is 25.9. The molecule has 0 amide bonds. The van der Waals surface area contributed by atoms with Crippen molar-refractivity contribution in [2.24, 2.45) is 0 Å². The molecule has 0 saturated carbocycles. The molecule has 1 N–H and O–H groups in total. The molecular formula is C8H13NO. The highest BCUT2D eigenvalue weighted by atomic mass is 16.1. The van der Waals surface area contributed by atoms with Crippen LogP contribution >= 0.6 is 0 Å². The molecule has 0 aromatic heterocycles. The van der Waals surface area contributed by atoms with Crippen LogP contribution in [0.4, 0.5) is 0 Å². The van der Waals surface area contributed by atoms with Crippen molar-refractivity contribution >= 4 is 5.78 Å². The van der Waals surface area contributed by atoms with E-state index in [2.05, 4.69) is 5.32 Å². The molecule has 0 aromatic rings. The van der Waals surface area contributed by atoms with Crippen molar-refractivity contribution in [1.82, 2.24) is 5.32 Å². The first-order valence-corrected chi connectivity index (χ1v) is 3.71. The van der Waals surface area contributed by atoms with Crippen LogP contribution in [0.15, 0.2) is 12.2 Å². The van der Waals surface area contributed by atoms with E-state index in [0.717, 1.165) is 6.54 Å². The van der Waals surface area contributed by atoms with E-state index in [4.69, 9.17) is 0 Å². The summed E-state index contributed by atoms with van der Waals surface area (Å²) in [6.45, 7) is 2.67. The summed E-state index contributed by atoms with van der Waals surface area (Å²) < 4.78 is 0. The van der Waals surface area contributed by atoms with Gasteiger partial charge in [0.2, 0.25) is 0 Å². The topological polar surface area (TPSA) is 29.1 Å². The number of carbonyl (C=O) groups excluding carboxylic acids is 1. The lowest BCUT2D eigenvalue weighted by molar-refractivity contribution is -0.112. The number of hydrogen-bond acceptors (Lipinski definition) is 2. The highest BCUT2D eigenvalue weighted by Gasteiger charge is 2.09. The van der Waals surface area contributed by atoms with Gasteiger partial charge in [-0.3, -0.25) is 4.79 Å². The quantitative estimate of drug-likeness (QED) is 0.575. The van der Waals surface area contributed by atoms with Gasteiger partial charge in [0.25, 0.3) is 0 Å². The SMILES string of the molecule is CC(=O)/C=C/[C@@H]1CCCN1. The predicted molar refractivity (Wildman–Crippen MR) is 40.8 cm³/mol. The van der Waals surface area contributed by atoms with E-state index in [9.17, 15) is 4.79 Å². The third kappa shape index (κ3) is 2.31. The minimum Gasteiger partial charge on any atom is -0.311 e. The van der Waals surface area contributed by atoms with Crippen molar-refractivity contribution in [2.45, 2.75) is 25.8 Å². The molecule has 10 heavy (non-hydrogen) atoms. The molecule has 0 aliphatic carbocycles. The number of hydrogen-bond donors (Lipinski definition) is 1. The Kier molecular flexibility index (Phi) is 2.63. The van der Waals surface area contributed by atoms with Crippen LogP contribution in [0, 0.1) is 0 Å². The molecule has 56 valence electrons. The molecule has 1 aliphatic heterocycles. The predicted octanol–water partition coefficient (Wildman–Crippen LogP) is 0.884.